The number of rotatable bonds is 5. The lowest BCUT2D eigenvalue weighted by molar-refractivity contribution is -0.137. The Morgan fingerprint density at radius 3 is 2.47 bits per heavy atom. The Morgan fingerprint density at radius 1 is 1.00 bits per heavy atom. The number of carbonyl (C=O) groups is 1. The number of benzene rings is 3. The minimum atomic E-state index is -4.50. The average molecular weight is 604 g/mol. The summed E-state index contributed by atoms with van der Waals surface area (Å²) in [6.07, 6.45) is -3.03. The first-order chi connectivity index (χ1) is 20.6. The van der Waals surface area contributed by atoms with E-state index in [0.717, 1.165) is 23.5 Å². The van der Waals surface area contributed by atoms with Crippen molar-refractivity contribution >= 4 is 29.0 Å². The van der Waals surface area contributed by atoms with E-state index in [9.17, 15) is 27.2 Å². The van der Waals surface area contributed by atoms with Gasteiger partial charge in [0.05, 0.1) is 27.4 Å². The molecule has 0 radical (unpaired) electrons. The maximum absolute atomic E-state index is 13.9. The third-order valence-electron chi connectivity index (χ3n) is 6.86. The molecule has 43 heavy (non-hydrogen) atoms. The summed E-state index contributed by atoms with van der Waals surface area (Å²) in [5.74, 6) is -0.492. The molecule has 0 bridgehead atoms. The van der Waals surface area contributed by atoms with Crippen molar-refractivity contribution in [2.45, 2.75) is 19.1 Å². The fraction of sp³-hybridized carbons (Fsp3) is 0.0938. The van der Waals surface area contributed by atoms with Gasteiger partial charge < -0.3 is 9.73 Å². The van der Waals surface area contributed by atoms with Crippen LogP contribution in [-0.4, -0.2) is 10.5 Å². The zero-order valence-corrected chi connectivity index (χ0v) is 23.2. The molecule has 1 aliphatic rings. The predicted octanol–water partition coefficient (Wildman–Crippen LogP) is 6.29. The normalized spacial score (nSPS) is 15.3. The number of halogens is 4. The fourth-order valence-electron chi connectivity index (χ4n) is 4.86. The van der Waals surface area contributed by atoms with Crippen molar-refractivity contribution < 1.29 is 26.8 Å². The Labute approximate surface area is 245 Å². The molecule has 1 amide bonds. The number of amides is 1. The molecule has 6 rings (SSSR count). The first-order valence-electron chi connectivity index (χ1n) is 13.0. The molecule has 1 aliphatic heterocycles. The Morgan fingerprint density at radius 2 is 1.74 bits per heavy atom. The Kier molecular flexibility index (Phi) is 7.18. The molecular formula is C32H21F4N3O3S. The summed E-state index contributed by atoms with van der Waals surface area (Å²) >= 11 is 1.07. The Bertz CT molecular complexity index is 2060. The van der Waals surface area contributed by atoms with E-state index in [1.165, 1.54) is 53.1 Å². The number of nitrogens with one attached hydrogen (secondary N) is 1. The number of aromatic nitrogens is 1. The lowest BCUT2D eigenvalue weighted by Gasteiger charge is -2.25. The molecule has 0 aliphatic carbocycles. The number of thiazole rings is 1. The van der Waals surface area contributed by atoms with Crippen LogP contribution in [0.2, 0.25) is 0 Å². The fourth-order valence-corrected chi connectivity index (χ4v) is 5.88. The highest BCUT2D eigenvalue weighted by atomic mass is 32.1. The minimum Gasteiger partial charge on any atom is -0.457 e. The van der Waals surface area contributed by atoms with Crippen LogP contribution in [0.25, 0.3) is 17.4 Å². The number of furan rings is 1. The second-order valence-electron chi connectivity index (χ2n) is 9.73. The van der Waals surface area contributed by atoms with Crippen LogP contribution in [0.15, 0.2) is 116 Å². The van der Waals surface area contributed by atoms with E-state index in [0.29, 0.717) is 21.7 Å². The second kappa shape index (κ2) is 11.0. The monoisotopic (exact) mass is 603 g/mol. The molecule has 5 aromatic rings. The van der Waals surface area contributed by atoms with E-state index >= 15 is 0 Å². The van der Waals surface area contributed by atoms with Crippen LogP contribution < -0.4 is 20.2 Å². The number of carbonyl (C=O) groups excluding carboxylic acids is 1. The second-order valence-corrected chi connectivity index (χ2v) is 10.7. The van der Waals surface area contributed by atoms with Crippen molar-refractivity contribution in [3.05, 3.63) is 145 Å². The minimum absolute atomic E-state index is 0.199. The molecule has 0 spiro atoms. The maximum atomic E-state index is 13.9. The number of hydrogen-bond donors (Lipinski definition) is 1. The molecule has 216 valence electrons. The third-order valence-corrected chi connectivity index (χ3v) is 7.84. The molecule has 0 saturated heterocycles. The van der Waals surface area contributed by atoms with E-state index in [-0.39, 0.29) is 27.2 Å². The van der Waals surface area contributed by atoms with Gasteiger partial charge in [0, 0.05) is 17.3 Å². The molecule has 1 atom stereocenters. The van der Waals surface area contributed by atoms with Gasteiger partial charge in [-0.25, -0.2) is 9.38 Å². The molecule has 0 saturated carbocycles. The number of fused-ring (bicyclic) bond motifs is 1. The highest BCUT2D eigenvalue weighted by Crippen LogP contribution is 2.33. The van der Waals surface area contributed by atoms with Gasteiger partial charge in [-0.15, -0.1) is 0 Å². The van der Waals surface area contributed by atoms with Crippen LogP contribution in [-0.2, 0) is 11.0 Å². The SMILES string of the molecule is CC1=C(C(=O)Nc2ccccc2)C(c2ccc(F)cc2)n2c(s/c(=C\c3ccc(-c4cccc(C(F)(F)F)c4)o3)c2=O)=N1. The molecule has 1 N–H and O–H groups in total. The standard InChI is InChI=1S/C32H21F4N3O3S/c1-18-27(29(40)38-23-8-3-2-4-9-23)28(19-10-12-22(33)13-11-19)39-30(41)26(43-31(39)37-18)17-24-14-15-25(42-24)20-6-5-7-21(16-20)32(34,35)36/h2-17,28H,1H3,(H,38,40)/b26-17-. The summed E-state index contributed by atoms with van der Waals surface area (Å²) in [6, 6.07) is 21.3. The predicted molar refractivity (Wildman–Crippen MR) is 154 cm³/mol. The average Bonchev–Trinajstić information content (AvgIpc) is 3.57. The van der Waals surface area contributed by atoms with E-state index in [2.05, 4.69) is 10.3 Å². The highest BCUT2D eigenvalue weighted by molar-refractivity contribution is 7.07. The van der Waals surface area contributed by atoms with Gasteiger partial charge in [0.2, 0.25) is 0 Å². The summed E-state index contributed by atoms with van der Waals surface area (Å²) in [5, 5.41) is 2.85. The van der Waals surface area contributed by atoms with Gasteiger partial charge >= 0.3 is 6.18 Å². The summed E-state index contributed by atoms with van der Waals surface area (Å²) in [5.41, 5.74) is 0.632. The molecule has 3 heterocycles. The largest absolute Gasteiger partial charge is 0.457 e. The van der Waals surface area contributed by atoms with Crippen molar-refractivity contribution in [1.29, 1.82) is 0 Å². The number of para-hydroxylation sites is 1. The zero-order chi connectivity index (χ0) is 30.3. The van der Waals surface area contributed by atoms with E-state index < -0.39 is 35.1 Å². The molecular weight excluding hydrogens is 582 g/mol. The van der Waals surface area contributed by atoms with Crippen LogP contribution in [0.5, 0.6) is 0 Å². The highest BCUT2D eigenvalue weighted by Gasteiger charge is 2.33. The number of anilines is 1. The van der Waals surface area contributed by atoms with E-state index in [4.69, 9.17) is 4.42 Å². The van der Waals surface area contributed by atoms with Gasteiger partial charge in [-0.05, 0) is 61.0 Å². The van der Waals surface area contributed by atoms with Crippen molar-refractivity contribution in [2.75, 3.05) is 5.32 Å². The van der Waals surface area contributed by atoms with Crippen LogP contribution in [0.3, 0.4) is 0 Å². The van der Waals surface area contributed by atoms with Gasteiger partial charge in [-0.2, -0.15) is 13.2 Å². The van der Waals surface area contributed by atoms with Gasteiger partial charge in [-0.1, -0.05) is 53.8 Å². The quantitative estimate of drug-likeness (QED) is 0.240. The first-order valence-corrected chi connectivity index (χ1v) is 13.8. The number of alkyl halides is 3. The van der Waals surface area contributed by atoms with Crippen molar-refractivity contribution in [2.24, 2.45) is 4.99 Å². The van der Waals surface area contributed by atoms with Crippen molar-refractivity contribution in [3.63, 3.8) is 0 Å². The smallest absolute Gasteiger partial charge is 0.416 e. The van der Waals surface area contributed by atoms with Crippen molar-refractivity contribution in [3.8, 4) is 11.3 Å². The molecule has 6 nitrogen and oxygen atoms in total. The lowest BCUT2D eigenvalue weighted by atomic mass is 9.95. The van der Waals surface area contributed by atoms with E-state index in [1.54, 1.807) is 37.3 Å². The molecule has 11 heteroatoms. The Balaban J connectivity index is 1.42. The first kappa shape index (κ1) is 28.1. The number of nitrogens with zero attached hydrogens (tertiary/aromatic N) is 2. The van der Waals surface area contributed by atoms with Crippen molar-refractivity contribution in [1.82, 2.24) is 4.57 Å². The van der Waals surface area contributed by atoms with Gasteiger partial charge in [0.25, 0.3) is 11.5 Å². The van der Waals surface area contributed by atoms with Gasteiger partial charge in [0.1, 0.15) is 17.3 Å². The Hall–Kier alpha value is -5.03. The number of allylic oxidation sites excluding steroid dienone is 1. The van der Waals surface area contributed by atoms with Crippen LogP contribution in [0.4, 0.5) is 23.2 Å². The van der Waals surface area contributed by atoms with Gasteiger partial charge in [0.15, 0.2) is 4.80 Å². The topological polar surface area (TPSA) is 76.6 Å². The molecule has 1 unspecified atom stereocenters. The summed E-state index contributed by atoms with van der Waals surface area (Å²) < 4.78 is 60.8. The molecule has 3 aromatic carbocycles. The third kappa shape index (κ3) is 5.59. The summed E-state index contributed by atoms with van der Waals surface area (Å²) in [6.45, 7) is 1.67. The van der Waals surface area contributed by atoms with Crippen LogP contribution in [0.1, 0.15) is 29.9 Å². The lowest BCUT2D eigenvalue weighted by Crippen LogP contribution is -2.40. The zero-order valence-electron chi connectivity index (χ0n) is 22.4. The number of hydrogen-bond acceptors (Lipinski definition) is 5. The molecule has 0 fully saturated rings. The summed E-state index contributed by atoms with van der Waals surface area (Å²) in [7, 11) is 0. The van der Waals surface area contributed by atoms with Crippen LogP contribution >= 0.6 is 11.3 Å². The summed E-state index contributed by atoms with van der Waals surface area (Å²) in [4.78, 5) is 32.3. The maximum Gasteiger partial charge on any atom is 0.416 e. The molecule has 2 aromatic heterocycles. The van der Waals surface area contributed by atoms with Gasteiger partial charge in [-0.3, -0.25) is 14.2 Å². The van der Waals surface area contributed by atoms with E-state index in [1.807, 2.05) is 6.07 Å². The van der Waals surface area contributed by atoms with Crippen LogP contribution in [0, 0.1) is 5.82 Å².